The molecule has 0 atom stereocenters. The Morgan fingerprint density at radius 1 is 0.833 bits per heavy atom. The van der Waals surface area contributed by atoms with E-state index in [1.165, 1.54) is 37.1 Å². The zero-order chi connectivity index (χ0) is 7.52. The van der Waals surface area contributed by atoms with E-state index in [4.69, 9.17) is 0 Å². The first-order chi connectivity index (χ1) is 5.47. The minimum atomic E-state index is 0. The third kappa shape index (κ3) is 1.82. The molecule has 0 aromatic carbocycles. The molecule has 2 rings (SSSR count). The Hall–Kier alpha value is -0.900. The molecule has 4 nitrogen and oxygen atoms in total. The molecule has 0 spiro atoms. The molecule has 0 bridgehead atoms. The molecule has 0 saturated carbocycles. The SMILES string of the molecule is C1CCCc2n[nH]nc2CC1.O. The molecule has 4 heteroatoms. The Balaban J connectivity index is 0.000000720. The zero-order valence-corrected chi connectivity index (χ0v) is 7.14. The summed E-state index contributed by atoms with van der Waals surface area (Å²) in [4.78, 5) is 0. The van der Waals surface area contributed by atoms with Gasteiger partial charge in [-0.25, -0.2) is 0 Å². The summed E-state index contributed by atoms with van der Waals surface area (Å²) in [6.07, 6.45) is 7.50. The number of aryl methyl sites for hydroxylation is 2. The quantitative estimate of drug-likeness (QED) is 0.619. The number of aromatic nitrogens is 3. The number of H-pyrrole nitrogens is 1. The second-order valence-corrected chi connectivity index (χ2v) is 3.13. The third-order valence-corrected chi connectivity index (χ3v) is 2.28. The predicted molar refractivity (Wildman–Crippen MR) is 45.9 cm³/mol. The van der Waals surface area contributed by atoms with Crippen LogP contribution in [0, 0.1) is 0 Å². The summed E-state index contributed by atoms with van der Waals surface area (Å²) < 4.78 is 0. The third-order valence-electron chi connectivity index (χ3n) is 2.28. The molecular weight excluding hydrogens is 154 g/mol. The van der Waals surface area contributed by atoms with Gasteiger partial charge in [0.2, 0.25) is 0 Å². The normalized spacial score (nSPS) is 17.0. The van der Waals surface area contributed by atoms with E-state index in [2.05, 4.69) is 15.4 Å². The molecular formula is C8H15N3O. The highest BCUT2D eigenvalue weighted by molar-refractivity contribution is 5.09. The fourth-order valence-corrected chi connectivity index (χ4v) is 1.61. The second-order valence-electron chi connectivity index (χ2n) is 3.13. The minimum absolute atomic E-state index is 0. The van der Waals surface area contributed by atoms with Crippen molar-refractivity contribution < 1.29 is 5.48 Å². The molecule has 3 N–H and O–H groups in total. The van der Waals surface area contributed by atoms with E-state index in [1.54, 1.807) is 0 Å². The summed E-state index contributed by atoms with van der Waals surface area (Å²) in [6.45, 7) is 0. The standard InChI is InChI=1S/C8H13N3.H2O/c1-2-4-6-8-7(5-3-1)9-11-10-8;/h1-6H2,(H,9,10,11);1H2. The van der Waals surface area contributed by atoms with E-state index in [0.29, 0.717) is 0 Å². The summed E-state index contributed by atoms with van der Waals surface area (Å²) in [6, 6.07) is 0. The van der Waals surface area contributed by atoms with Gasteiger partial charge in [0, 0.05) is 0 Å². The fourth-order valence-electron chi connectivity index (χ4n) is 1.61. The fraction of sp³-hybridized carbons (Fsp3) is 0.750. The van der Waals surface area contributed by atoms with Crippen LogP contribution in [0.5, 0.6) is 0 Å². The summed E-state index contributed by atoms with van der Waals surface area (Å²) >= 11 is 0. The van der Waals surface area contributed by atoms with Crippen molar-refractivity contribution in [1.29, 1.82) is 0 Å². The Labute approximate surface area is 71.7 Å². The van der Waals surface area contributed by atoms with E-state index in [9.17, 15) is 0 Å². The van der Waals surface area contributed by atoms with Gasteiger partial charge in [0.05, 0.1) is 11.4 Å². The number of nitrogens with zero attached hydrogens (tertiary/aromatic N) is 2. The van der Waals surface area contributed by atoms with Crippen LogP contribution in [0.3, 0.4) is 0 Å². The van der Waals surface area contributed by atoms with Crippen LogP contribution < -0.4 is 0 Å². The summed E-state index contributed by atoms with van der Waals surface area (Å²) in [5.41, 5.74) is 2.40. The Morgan fingerprint density at radius 2 is 1.33 bits per heavy atom. The molecule has 0 saturated heterocycles. The minimum Gasteiger partial charge on any atom is -0.412 e. The maximum atomic E-state index is 4.12. The Morgan fingerprint density at radius 3 is 1.83 bits per heavy atom. The maximum absolute atomic E-state index is 4.12. The average Bonchev–Trinajstić information content (AvgIpc) is 2.35. The van der Waals surface area contributed by atoms with Crippen LogP contribution in [0.2, 0.25) is 0 Å². The van der Waals surface area contributed by atoms with Crippen molar-refractivity contribution >= 4 is 0 Å². The number of nitrogens with one attached hydrogen (secondary N) is 1. The van der Waals surface area contributed by atoms with Crippen LogP contribution in [0.1, 0.15) is 37.1 Å². The molecule has 0 unspecified atom stereocenters. The smallest absolute Gasteiger partial charge is 0.0856 e. The van der Waals surface area contributed by atoms with Crippen LogP contribution in [0.15, 0.2) is 0 Å². The lowest BCUT2D eigenvalue weighted by Gasteiger charge is -2.05. The van der Waals surface area contributed by atoms with Gasteiger partial charge in [-0.05, 0) is 25.7 Å². The molecule has 1 aromatic rings. The summed E-state index contributed by atoms with van der Waals surface area (Å²) in [5.74, 6) is 0. The van der Waals surface area contributed by atoms with Gasteiger partial charge in [-0.1, -0.05) is 12.8 Å². The van der Waals surface area contributed by atoms with Crippen molar-refractivity contribution in [2.24, 2.45) is 0 Å². The Bertz CT molecular complexity index is 211. The van der Waals surface area contributed by atoms with Crippen molar-refractivity contribution in [2.75, 3.05) is 0 Å². The maximum Gasteiger partial charge on any atom is 0.0856 e. The number of rotatable bonds is 0. The highest BCUT2D eigenvalue weighted by Gasteiger charge is 2.09. The molecule has 1 aliphatic rings. The number of aromatic amines is 1. The van der Waals surface area contributed by atoms with Gasteiger partial charge in [0.25, 0.3) is 0 Å². The molecule has 12 heavy (non-hydrogen) atoms. The number of hydrogen-bond donors (Lipinski definition) is 1. The van der Waals surface area contributed by atoms with E-state index >= 15 is 0 Å². The molecule has 1 aromatic heterocycles. The highest BCUT2D eigenvalue weighted by atomic mass is 16.0. The zero-order valence-electron chi connectivity index (χ0n) is 7.14. The topological polar surface area (TPSA) is 73.1 Å². The van der Waals surface area contributed by atoms with Crippen molar-refractivity contribution in [2.45, 2.75) is 38.5 Å². The van der Waals surface area contributed by atoms with Crippen LogP contribution >= 0.6 is 0 Å². The van der Waals surface area contributed by atoms with Crippen LogP contribution in [0.25, 0.3) is 0 Å². The first-order valence-electron chi connectivity index (χ1n) is 4.35. The molecule has 0 radical (unpaired) electrons. The van der Waals surface area contributed by atoms with Gasteiger partial charge in [-0.15, -0.1) is 0 Å². The monoisotopic (exact) mass is 169 g/mol. The van der Waals surface area contributed by atoms with Crippen LogP contribution in [-0.2, 0) is 12.8 Å². The molecule has 0 amide bonds. The second kappa shape index (κ2) is 4.21. The average molecular weight is 169 g/mol. The Kier molecular flexibility index (Phi) is 3.22. The number of fused-ring (bicyclic) bond motifs is 1. The highest BCUT2D eigenvalue weighted by Crippen LogP contribution is 2.15. The summed E-state index contributed by atoms with van der Waals surface area (Å²) in [7, 11) is 0. The lowest BCUT2D eigenvalue weighted by atomic mass is 10.0. The molecule has 1 aliphatic carbocycles. The van der Waals surface area contributed by atoms with Gasteiger partial charge in [-0.3, -0.25) is 0 Å². The number of hydrogen-bond acceptors (Lipinski definition) is 2. The van der Waals surface area contributed by atoms with Crippen molar-refractivity contribution in [3.8, 4) is 0 Å². The first kappa shape index (κ1) is 9.19. The molecule has 68 valence electrons. The largest absolute Gasteiger partial charge is 0.412 e. The van der Waals surface area contributed by atoms with Crippen LogP contribution in [-0.4, -0.2) is 20.9 Å². The summed E-state index contributed by atoms with van der Waals surface area (Å²) in [5, 5.41) is 10.9. The first-order valence-corrected chi connectivity index (χ1v) is 4.35. The van der Waals surface area contributed by atoms with Crippen molar-refractivity contribution in [1.82, 2.24) is 15.4 Å². The van der Waals surface area contributed by atoms with Gasteiger partial charge >= 0.3 is 0 Å². The van der Waals surface area contributed by atoms with E-state index in [1.807, 2.05) is 0 Å². The van der Waals surface area contributed by atoms with Gasteiger partial charge in [-0.2, -0.15) is 15.4 Å². The van der Waals surface area contributed by atoms with E-state index < -0.39 is 0 Å². The predicted octanol–water partition coefficient (Wildman–Crippen LogP) is 0.639. The van der Waals surface area contributed by atoms with Gasteiger partial charge < -0.3 is 5.48 Å². The molecule has 0 fully saturated rings. The van der Waals surface area contributed by atoms with Gasteiger partial charge in [0.15, 0.2) is 0 Å². The van der Waals surface area contributed by atoms with Crippen molar-refractivity contribution in [3.63, 3.8) is 0 Å². The molecule has 0 aliphatic heterocycles. The van der Waals surface area contributed by atoms with E-state index in [-0.39, 0.29) is 5.48 Å². The van der Waals surface area contributed by atoms with Crippen molar-refractivity contribution in [3.05, 3.63) is 11.4 Å². The van der Waals surface area contributed by atoms with Gasteiger partial charge in [0.1, 0.15) is 0 Å². The molecule has 1 heterocycles. The van der Waals surface area contributed by atoms with E-state index in [0.717, 1.165) is 12.8 Å². The van der Waals surface area contributed by atoms with Crippen LogP contribution in [0.4, 0.5) is 0 Å². The lowest BCUT2D eigenvalue weighted by molar-refractivity contribution is 0.608. The lowest BCUT2D eigenvalue weighted by Crippen LogP contribution is -1.98.